The second-order valence-corrected chi connectivity index (χ2v) is 19.2. The van der Waals surface area contributed by atoms with Crippen LogP contribution in [0.3, 0.4) is 0 Å². The van der Waals surface area contributed by atoms with E-state index in [4.69, 9.17) is 9.47 Å². The molecule has 0 amide bonds. The molecule has 0 unspecified atom stereocenters. The Morgan fingerprint density at radius 1 is 0.382 bits per heavy atom. The quantitative estimate of drug-likeness (QED) is 0.0348. The van der Waals surface area contributed by atoms with Crippen molar-refractivity contribution in [2.75, 3.05) is 69.6 Å². The number of rotatable bonds is 24. The molecule has 68 heavy (non-hydrogen) atoms. The number of unbranched alkanes of at least 4 members (excludes halogenated alkanes) is 6. The van der Waals surface area contributed by atoms with Gasteiger partial charge in [-0.1, -0.05) is 137 Å². The summed E-state index contributed by atoms with van der Waals surface area (Å²) in [5.41, 5.74) is 13.0. The zero-order valence-corrected chi connectivity index (χ0v) is 43.1. The van der Waals surface area contributed by atoms with Gasteiger partial charge in [0.15, 0.2) is 0 Å². The van der Waals surface area contributed by atoms with E-state index >= 15 is 0 Å². The molecule has 0 heterocycles. The molecule has 5 aromatic carbocycles. The number of nitrogens with zero attached hydrogens (tertiary/aromatic N) is 4. The summed E-state index contributed by atoms with van der Waals surface area (Å²) in [6, 6.07) is 34.7. The van der Waals surface area contributed by atoms with Crippen molar-refractivity contribution in [1.82, 2.24) is 19.6 Å². The lowest BCUT2D eigenvalue weighted by molar-refractivity contribution is 0.305. The summed E-state index contributed by atoms with van der Waals surface area (Å²) in [4.78, 5) is 8.82. The summed E-state index contributed by atoms with van der Waals surface area (Å²) < 4.78 is 12.1. The third-order valence-corrected chi connectivity index (χ3v) is 11.2. The number of benzene rings is 5. The van der Waals surface area contributed by atoms with Crippen LogP contribution in [0.1, 0.15) is 132 Å². The van der Waals surface area contributed by atoms with Crippen molar-refractivity contribution in [1.29, 1.82) is 0 Å². The molecule has 6 nitrogen and oxygen atoms in total. The maximum absolute atomic E-state index is 6.07. The Morgan fingerprint density at radius 3 is 1.03 bits per heavy atom. The predicted molar refractivity (Wildman–Crippen MR) is 291 cm³/mol. The molecule has 0 saturated carbocycles. The van der Waals surface area contributed by atoms with Crippen LogP contribution in [0.15, 0.2) is 97.1 Å². The monoisotopic (exact) mass is 911 g/mol. The van der Waals surface area contributed by atoms with Crippen molar-refractivity contribution in [3.8, 4) is 35.2 Å². The molecule has 0 spiro atoms. The fourth-order valence-electron chi connectivity index (χ4n) is 8.06. The van der Waals surface area contributed by atoms with Gasteiger partial charge in [0, 0.05) is 48.4 Å². The Bertz CT molecular complexity index is 2270. The normalized spacial score (nSPS) is 11.5. The van der Waals surface area contributed by atoms with Gasteiger partial charge in [-0.05, 0) is 174 Å². The van der Waals surface area contributed by atoms with Gasteiger partial charge in [-0.3, -0.25) is 0 Å². The predicted octanol–water partition coefficient (Wildman–Crippen LogP) is 13.0. The minimum absolute atomic E-state index is 0.742. The molecule has 0 atom stereocenters. The van der Waals surface area contributed by atoms with Gasteiger partial charge in [0.2, 0.25) is 0 Å². The van der Waals surface area contributed by atoms with E-state index in [9.17, 15) is 0 Å². The molecule has 6 heteroatoms. The lowest BCUT2D eigenvalue weighted by Gasteiger charge is -2.14. The molecule has 0 bridgehead atoms. The highest BCUT2D eigenvalue weighted by Crippen LogP contribution is 2.24. The van der Waals surface area contributed by atoms with Crippen molar-refractivity contribution in [2.24, 2.45) is 0 Å². The Kier molecular flexibility index (Phi) is 22.2. The van der Waals surface area contributed by atoms with E-state index in [1.165, 1.54) is 60.8 Å². The van der Waals surface area contributed by atoms with Gasteiger partial charge in [0.05, 0.1) is 13.2 Å². The highest BCUT2D eigenvalue weighted by Gasteiger charge is 2.09. The van der Waals surface area contributed by atoms with Crippen LogP contribution in [0.25, 0.3) is 24.3 Å². The first-order valence-corrected chi connectivity index (χ1v) is 24.7. The highest BCUT2D eigenvalue weighted by atomic mass is 16.5. The molecular formula is C62H78N4O2. The van der Waals surface area contributed by atoms with Gasteiger partial charge < -0.3 is 29.1 Å². The zero-order valence-electron chi connectivity index (χ0n) is 43.1. The number of hydrogen-bond donors (Lipinski definition) is 0. The molecule has 0 radical (unpaired) electrons. The summed E-state index contributed by atoms with van der Waals surface area (Å²) in [6.45, 7) is 9.32. The molecule has 0 aliphatic rings. The van der Waals surface area contributed by atoms with Gasteiger partial charge in [-0.15, -0.1) is 0 Å². The van der Waals surface area contributed by atoms with Gasteiger partial charge in [0.25, 0.3) is 0 Å². The van der Waals surface area contributed by atoms with Crippen LogP contribution >= 0.6 is 0 Å². The topological polar surface area (TPSA) is 31.4 Å². The molecule has 0 aromatic heterocycles. The van der Waals surface area contributed by atoms with Gasteiger partial charge in [-0.2, -0.15) is 0 Å². The SMILES string of the molecule is CCCCCCOc1ccc(/C=C/c2cc(C#Cc3cc(CN(C)C)cc(CN(C)C)c3)c(/C=C/c3ccc(OCCCCCC)cc3)cc2C#Cc2cc(CN(C)C)cc(CN(C)C)c2)cc1. The Labute approximate surface area is 411 Å². The van der Waals surface area contributed by atoms with Crippen molar-refractivity contribution in [3.05, 3.63) is 164 Å². The van der Waals surface area contributed by atoms with Crippen LogP contribution in [-0.4, -0.2) is 89.2 Å². The smallest absolute Gasteiger partial charge is 0.119 e. The van der Waals surface area contributed by atoms with E-state index in [0.717, 1.165) is 108 Å². The third kappa shape index (κ3) is 19.4. The molecule has 0 N–H and O–H groups in total. The zero-order chi connectivity index (χ0) is 48.7. The molecule has 5 aromatic rings. The van der Waals surface area contributed by atoms with Crippen LogP contribution < -0.4 is 9.47 Å². The minimum Gasteiger partial charge on any atom is -0.494 e. The van der Waals surface area contributed by atoms with E-state index in [1.54, 1.807) is 0 Å². The van der Waals surface area contributed by atoms with E-state index in [1.807, 2.05) is 0 Å². The van der Waals surface area contributed by atoms with Gasteiger partial charge >= 0.3 is 0 Å². The van der Waals surface area contributed by atoms with Gasteiger partial charge in [0.1, 0.15) is 11.5 Å². The number of ether oxygens (including phenoxy) is 2. The van der Waals surface area contributed by atoms with Crippen LogP contribution in [0.4, 0.5) is 0 Å². The molecule has 0 saturated heterocycles. The molecule has 358 valence electrons. The lowest BCUT2D eigenvalue weighted by Crippen LogP contribution is -2.13. The Hall–Kier alpha value is -5.86. The fourth-order valence-corrected chi connectivity index (χ4v) is 8.06. The van der Waals surface area contributed by atoms with Crippen molar-refractivity contribution < 1.29 is 9.47 Å². The molecule has 5 rings (SSSR count). The fraction of sp³-hybridized carbons (Fsp3) is 0.387. The minimum atomic E-state index is 0.742. The van der Waals surface area contributed by atoms with Crippen LogP contribution in [-0.2, 0) is 26.2 Å². The average Bonchev–Trinajstić information content (AvgIpc) is 3.28. The molecule has 0 fully saturated rings. The Balaban J connectivity index is 1.62. The second kappa shape index (κ2) is 28.5. The molecular weight excluding hydrogens is 833 g/mol. The summed E-state index contributed by atoms with van der Waals surface area (Å²) in [5, 5.41) is 0. The van der Waals surface area contributed by atoms with Crippen LogP contribution in [0.5, 0.6) is 11.5 Å². The first-order chi connectivity index (χ1) is 32.8. The van der Waals surface area contributed by atoms with Crippen molar-refractivity contribution in [3.63, 3.8) is 0 Å². The first kappa shape index (κ1) is 53.1. The highest BCUT2D eigenvalue weighted by molar-refractivity contribution is 5.80. The first-order valence-electron chi connectivity index (χ1n) is 24.7. The summed E-state index contributed by atoms with van der Waals surface area (Å²) >= 11 is 0. The van der Waals surface area contributed by atoms with Crippen LogP contribution in [0.2, 0.25) is 0 Å². The summed E-state index contributed by atoms with van der Waals surface area (Å²) in [7, 11) is 16.9. The second-order valence-electron chi connectivity index (χ2n) is 19.2. The third-order valence-electron chi connectivity index (χ3n) is 11.2. The molecule has 0 aliphatic heterocycles. The Morgan fingerprint density at radius 2 is 0.721 bits per heavy atom. The van der Waals surface area contributed by atoms with E-state index in [2.05, 4.69) is 235 Å². The van der Waals surface area contributed by atoms with Gasteiger partial charge in [-0.25, -0.2) is 0 Å². The average molecular weight is 911 g/mol. The van der Waals surface area contributed by atoms with Crippen molar-refractivity contribution >= 4 is 24.3 Å². The maximum Gasteiger partial charge on any atom is 0.119 e. The molecule has 0 aliphatic carbocycles. The van der Waals surface area contributed by atoms with Crippen molar-refractivity contribution in [2.45, 2.75) is 91.4 Å². The number of hydrogen-bond acceptors (Lipinski definition) is 6. The summed E-state index contributed by atoms with van der Waals surface area (Å²) in [6.07, 6.45) is 18.2. The largest absolute Gasteiger partial charge is 0.494 e. The van der Waals surface area contributed by atoms with Crippen LogP contribution in [0, 0.1) is 23.7 Å². The van der Waals surface area contributed by atoms with E-state index in [-0.39, 0.29) is 0 Å². The standard InChI is InChI=1S/C62H78N4O2/c1-11-13-15-17-35-67-61-31-23-49(24-32-61)19-27-57-43-60(30-22-52-39-55(47-65(7)8)42-56(40-52)48-66(9)10)58(28-20-50-25-33-62(34-26-50)68-36-18-16-14-12-2)44-59(57)29-21-51-37-53(45-63(3)4)41-54(38-51)46-64(5)6/h19-20,23-28,31-34,37-44H,11-18,35-36,45-48H2,1-10H3/b27-19+,28-20+. The van der Waals surface area contributed by atoms with E-state index in [0.29, 0.717) is 0 Å². The maximum atomic E-state index is 6.07. The van der Waals surface area contributed by atoms with E-state index < -0.39 is 0 Å². The summed E-state index contributed by atoms with van der Waals surface area (Å²) in [5.74, 6) is 16.3. The lowest BCUT2D eigenvalue weighted by atomic mass is 9.96.